The molecule has 0 aliphatic carbocycles. The van der Waals surface area contributed by atoms with Gasteiger partial charge in [-0.1, -0.05) is 20.3 Å². The van der Waals surface area contributed by atoms with Crippen molar-refractivity contribution in [3.63, 3.8) is 0 Å². The van der Waals surface area contributed by atoms with E-state index in [0.717, 1.165) is 6.42 Å². The summed E-state index contributed by atoms with van der Waals surface area (Å²) in [5.74, 6) is 0.486. The van der Waals surface area contributed by atoms with E-state index < -0.39 is 0 Å². The number of halogens is 1. The maximum atomic E-state index is 14.3. The average molecular weight is 277 g/mol. The summed E-state index contributed by atoms with van der Waals surface area (Å²) in [5.41, 5.74) is 7.15. The first-order valence-electron chi connectivity index (χ1n) is 6.79. The standard InChI is InChI=1S/C14H20FN5/c1-5-8(2)10(4)20-14(17-18-19-20)12-7-11(16)6-9(3)13(12)15/h6-8,10H,5,16H2,1-4H3. The Morgan fingerprint density at radius 2 is 2.05 bits per heavy atom. The summed E-state index contributed by atoms with van der Waals surface area (Å²) in [7, 11) is 0. The van der Waals surface area contributed by atoms with Crippen LogP contribution in [0.5, 0.6) is 0 Å². The van der Waals surface area contributed by atoms with E-state index in [1.54, 1.807) is 23.7 Å². The Kier molecular flexibility index (Phi) is 4.01. The van der Waals surface area contributed by atoms with E-state index in [9.17, 15) is 4.39 Å². The highest BCUT2D eigenvalue weighted by atomic mass is 19.1. The van der Waals surface area contributed by atoms with E-state index in [-0.39, 0.29) is 11.9 Å². The summed E-state index contributed by atoms with van der Waals surface area (Å²) in [4.78, 5) is 0. The molecule has 0 spiro atoms. The fourth-order valence-electron chi connectivity index (χ4n) is 2.19. The Labute approximate surface area is 118 Å². The topological polar surface area (TPSA) is 69.6 Å². The molecule has 0 fully saturated rings. The second-order valence-electron chi connectivity index (χ2n) is 5.27. The Bertz CT molecular complexity index is 608. The summed E-state index contributed by atoms with van der Waals surface area (Å²) < 4.78 is 16.0. The SMILES string of the molecule is CCC(C)C(C)n1nnnc1-c1cc(N)cc(C)c1F. The summed E-state index contributed by atoms with van der Waals surface area (Å²) in [6, 6.07) is 3.27. The minimum atomic E-state index is -0.327. The smallest absolute Gasteiger partial charge is 0.185 e. The van der Waals surface area contributed by atoms with Crippen molar-refractivity contribution in [3.05, 3.63) is 23.5 Å². The summed E-state index contributed by atoms with van der Waals surface area (Å²) in [5, 5.41) is 11.7. The summed E-state index contributed by atoms with van der Waals surface area (Å²) in [6.45, 7) is 7.94. The van der Waals surface area contributed by atoms with Crippen LogP contribution in [-0.4, -0.2) is 20.2 Å². The second kappa shape index (κ2) is 5.56. The van der Waals surface area contributed by atoms with Crippen LogP contribution >= 0.6 is 0 Å². The predicted octanol–water partition coefficient (Wildman–Crippen LogP) is 2.98. The van der Waals surface area contributed by atoms with Crippen molar-refractivity contribution < 1.29 is 4.39 Å². The molecule has 108 valence electrons. The van der Waals surface area contributed by atoms with Crippen molar-refractivity contribution in [1.82, 2.24) is 20.2 Å². The van der Waals surface area contributed by atoms with Gasteiger partial charge in [0.2, 0.25) is 0 Å². The molecule has 2 unspecified atom stereocenters. The Balaban J connectivity index is 2.53. The number of anilines is 1. The van der Waals surface area contributed by atoms with Gasteiger partial charge in [0.1, 0.15) is 5.82 Å². The zero-order valence-electron chi connectivity index (χ0n) is 12.3. The van der Waals surface area contributed by atoms with Crippen molar-refractivity contribution in [1.29, 1.82) is 0 Å². The molecule has 0 aliphatic rings. The highest BCUT2D eigenvalue weighted by Gasteiger charge is 2.21. The number of nitrogens with zero attached hydrogens (tertiary/aromatic N) is 4. The first-order valence-corrected chi connectivity index (χ1v) is 6.79. The third-order valence-corrected chi connectivity index (χ3v) is 3.86. The van der Waals surface area contributed by atoms with Gasteiger partial charge in [-0.25, -0.2) is 9.07 Å². The first kappa shape index (κ1) is 14.4. The van der Waals surface area contributed by atoms with E-state index in [2.05, 4.69) is 29.4 Å². The van der Waals surface area contributed by atoms with Crippen molar-refractivity contribution in [2.45, 2.75) is 40.2 Å². The van der Waals surface area contributed by atoms with Crippen molar-refractivity contribution in [2.75, 3.05) is 5.73 Å². The first-order chi connectivity index (χ1) is 9.45. The highest BCUT2D eigenvalue weighted by molar-refractivity contribution is 5.63. The molecule has 0 saturated heterocycles. The Morgan fingerprint density at radius 1 is 1.35 bits per heavy atom. The fraction of sp³-hybridized carbons (Fsp3) is 0.500. The molecule has 2 aromatic rings. The molecule has 2 N–H and O–H groups in total. The predicted molar refractivity (Wildman–Crippen MR) is 76.5 cm³/mol. The number of tetrazole rings is 1. The molecule has 0 aliphatic heterocycles. The molecule has 0 radical (unpaired) electrons. The molecule has 1 heterocycles. The third kappa shape index (κ3) is 2.50. The molecule has 5 nitrogen and oxygen atoms in total. The molecule has 0 bridgehead atoms. The lowest BCUT2D eigenvalue weighted by Gasteiger charge is -2.19. The number of hydrogen-bond donors (Lipinski definition) is 1. The van der Waals surface area contributed by atoms with Gasteiger partial charge < -0.3 is 5.73 Å². The van der Waals surface area contributed by atoms with Gasteiger partial charge in [0.15, 0.2) is 5.82 Å². The van der Waals surface area contributed by atoms with Crippen molar-refractivity contribution in [2.24, 2.45) is 5.92 Å². The van der Waals surface area contributed by atoms with Gasteiger partial charge in [0.05, 0.1) is 11.6 Å². The van der Waals surface area contributed by atoms with E-state index >= 15 is 0 Å². The minimum absolute atomic E-state index is 0.0890. The largest absolute Gasteiger partial charge is 0.399 e. The second-order valence-corrected chi connectivity index (χ2v) is 5.27. The quantitative estimate of drug-likeness (QED) is 0.872. The molecule has 0 saturated carbocycles. The van der Waals surface area contributed by atoms with Crippen molar-refractivity contribution in [3.8, 4) is 11.4 Å². The average Bonchev–Trinajstić information content (AvgIpc) is 2.90. The zero-order chi connectivity index (χ0) is 14.9. The Morgan fingerprint density at radius 3 is 2.70 bits per heavy atom. The molecule has 6 heteroatoms. The third-order valence-electron chi connectivity index (χ3n) is 3.86. The Hall–Kier alpha value is -1.98. The molecule has 1 aromatic carbocycles. The van der Waals surface area contributed by atoms with E-state index in [1.165, 1.54) is 0 Å². The fourth-order valence-corrected chi connectivity index (χ4v) is 2.19. The van der Waals surface area contributed by atoms with Gasteiger partial charge in [0.25, 0.3) is 0 Å². The van der Waals surface area contributed by atoms with Crippen LogP contribution in [-0.2, 0) is 0 Å². The van der Waals surface area contributed by atoms with Gasteiger partial charge in [-0.05, 0) is 47.9 Å². The lowest BCUT2D eigenvalue weighted by molar-refractivity contribution is 0.340. The minimum Gasteiger partial charge on any atom is -0.399 e. The van der Waals surface area contributed by atoms with Gasteiger partial charge in [0, 0.05) is 5.69 Å². The molecule has 20 heavy (non-hydrogen) atoms. The van der Waals surface area contributed by atoms with E-state index in [0.29, 0.717) is 28.6 Å². The lowest BCUT2D eigenvalue weighted by atomic mass is 10.0. The summed E-state index contributed by atoms with van der Waals surface area (Å²) in [6.07, 6.45) is 0.999. The molecular weight excluding hydrogens is 257 g/mol. The van der Waals surface area contributed by atoms with Gasteiger partial charge in [-0.15, -0.1) is 5.10 Å². The summed E-state index contributed by atoms with van der Waals surface area (Å²) >= 11 is 0. The van der Waals surface area contributed by atoms with Crippen LogP contribution in [0.3, 0.4) is 0 Å². The number of nitrogen functional groups attached to an aromatic ring is 1. The maximum Gasteiger partial charge on any atom is 0.185 e. The van der Waals surface area contributed by atoms with Crippen LogP contribution in [0.15, 0.2) is 12.1 Å². The van der Waals surface area contributed by atoms with Gasteiger partial charge in [-0.3, -0.25) is 0 Å². The lowest BCUT2D eigenvalue weighted by Crippen LogP contribution is -2.16. The van der Waals surface area contributed by atoms with Crippen LogP contribution < -0.4 is 5.73 Å². The highest BCUT2D eigenvalue weighted by Crippen LogP contribution is 2.29. The monoisotopic (exact) mass is 277 g/mol. The van der Waals surface area contributed by atoms with E-state index in [1.807, 2.05) is 6.92 Å². The number of aromatic nitrogens is 4. The molecular formula is C14H20FN5. The molecule has 2 atom stereocenters. The van der Waals surface area contributed by atoms with Crippen LogP contribution in [0.2, 0.25) is 0 Å². The van der Waals surface area contributed by atoms with Gasteiger partial charge in [-0.2, -0.15) is 0 Å². The number of aryl methyl sites for hydroxylation is 1. The molecule has 2 rings (SSSR count). The molecule has 0 amide bonds. The van der Waals surface area contributed by atoms with Crippen LogP contribution in [0.4, 0.5) is 10.1 Å². The maximum absolute atomic E-state index is 14.3. The molecule has 1 aromatic heterocycles. The zero-order valence-corrected chi connectivity index (χ0v) is 12.3. The normalized spacial score (nSPS) is 14.2. The number of rotatable bonds is 4. The van der Waals surface area contributed by atoms with Crippen LogP contribution in [0, 0.1) is 18.7 Å². The van der Waals surface area contributed by atoms with Crippen LogP contribution in [0.25, 0.3) is 11.4 Å². The number of hydrogen-bond acceptors (Lipinski definition) is 4. The number of benzene rings is 1. The van der Waals surface area contributed by atoms with Crippen molar-refractivity contribution >= 4 is 5.69 Å². The van der Waals surface area contributed by atoms with E-state index in [4.69, 9.17) is 5.73 Å². The van der Waals surface area contributed by atoms with Crippen LogP contribution in [0.1, 0.15) is 38.8 Å². The number of nitrogens with two attached hydrogens (primary N) is 1. The van der Waals surface area contributed by atoms with Gasteiger partial charge >= 0.3 is 0 Å².